The normalized spacial score (nSPS) is 13.2. The van der Waals surface area contributed by atoms with Crippen LogP contribution in [-0.2, 0) is 0 Å². The minimum atomic E-state index is 0.0614. The highest BCUT2D eigenvalue weighted by Gasteiger charge is 2.16. The molecule has 1 aliphatic carbocycles. The predicted molar refractivity (Wildman–Crippen MR) is 63.9 cm³/mol. The molecule has 3 rings (SSSR count). The van der Waals surface area contributed by atoms with Crippen molar-refractivity contribution in [2.24, 2.45) is 0 Å². The third-order valence-corrected chi connectivity index (χ3v) is 2.93. The van der Waals surface area contributed by atoms with Crippen molar-refractivity contribution >= 4 is 22.6 Å². The summed E-state index contributed by atoms with van der Waals surface area (Å²) in [5.74, 6) is 0.870. The number of methoxy groups -OCH3 is 1. The molecule has 2 heteroatoms. The summed E-state index contributed by atoms with van der Waals surface area (Å²) < 4.78 is 5.31. The highest BCUT2D eigenvalue weighted by Crippen LogP contribution is 2.34. The van der Waals surface area contributed by atoms with E-state index in [0.29, 0.717) is 0 Å². The highest BCUT2D eigenvalue weighted by atomic mass is 16.5. The first kappa shape index (κ1) is 9.16. The highest BCUT2D eigenvalue weighted by molar-refractivity contribution is 6.20. The van der Waals surface area contributed by atoms with Gasteiger partial charge in [-0.3, -0.25) is 4.79 Å². The molecule has 2 nitrogen and oxygen atoms in total. The van der Waals surface area contributed by atoms with Crippen LogP contribution in [0.5, 0.6) is 5.75 Å². The summed E-state index contributed by atoms with van der Waals surface area (Å²) in [4.78, 5) is 11.7. The van der Waals surface area contributed by atoms with Crippen LogP contribution in [0.2, 0.25) is 0 Å². The Morgan fingerprint density at radius 3 is 2.75 bits per heavy atom. The van der Waals surface area contributed by atoms with Crippen LogP contribution in [0, 0.1) is 0 Å². The van der Waals surface area contributed by atoms with E-state index in [2.05, 4.69) is 0 Å². The molecule has 0 unspecified atom stereocenters. The summed E-state index contributed by atoms with van der Waals surface area (Å²) in [6, 6.07) is 9.64. The molecular weight excluding hydrogens is 200 g/mol. The molecule has 0 saturated heterocycles. The van der Waals surface area contributed by atoms with Gasteiger partial charge >= 0.3 is 0 Å². The topological polar surface area (TPSA) is 26.3 Å². The van der Waals surface area contributed by atoms with Gasteiger partial charge in [-0.15, -0.1) is 0 Å². The van der Waals surface area contributed by atoms with Gasteiger partial charge < -0.3 is 4.74 Å². The van der Waals surface area contributed by atoms with Crippen LogP contribution < -0.4 is 4.74 Å². The Hall–Kier alpha value is -2.09. The molecular formula is C14H10O2. The Bertz CT molecular complexity index is 624. The molecule has 2 aromatic rings. The SMILES string of the molecule is COc1ccc2c3c(cccc13)C(=O)C=C2. The fourth-order valence-electron chi connectivity index (χ4n) is 2.18. The van der Waals surface area contributed by atoms with Gasteiger partial charge in [0.1, 0.15) is 5.75 Å². The summed E-state index contributed by atoms with van der Waals surface area (Å²) in [5, 5.41) is 1.99. The maximum Gasteiger partial charge on any atom is 0.186 e. The summed E-state index contributed by atoms with van der Waals surface area (Å²) in [6.45, 7) is 0. The fourth-order valence-corrected chi connectivity index (χ4v) is 2.18. The molecule has 0 N–H and O–H groups in total. The molecule has 0 bridgehead atoms. The zero-order valence-electron chi connectivity index (χ0n) is 8.86. The Balaban J connectivity index is 2.51. The molecule has 0 atom stereocenters. The van der Waals surface area contributed by atoms with Crippen molar-refractivity contribution < 1.29 is 9.53 Å². The molecule has 0 aliphatic heterocycles. The smallest absolute Gasteiger partial charge is 0.186 e. The quantitative estimate of drug-likeness (QED) is 0.723. The molecule has 0 heterocycles. The van der Waals surface area contributed by atoms with Gasteiger partial charge in [-0.2, -0.15) is 0 Å². The Morgan fingerprint density at radius 1 is 1.06 bits per heavy atom. The molecule has 0 saturated carbocycles. The van der Waals surface area contributed by atoms with E-state index in [9.17, 15) is 4.79 Å². The number of hydrogen-bond donors (Lipinski definition) is 0. The van der Waals surface area contributed by atoms with Gasteiger partial charge in [-0.05, 0) is 17.7 Å². The summed E-state index contributed by atoms with van der Waals surface area (Å²) >= 11 is 0. The summed E-state index contributed by atoms with van der Waals surface area (Å²) in [7, 11) is 1.64. The molecule has 2 aromatic carbocycles. The second-order valence-electron chi connectivity index (χ2n) is 3.78. The maximum absolute atomic E-state index is 11.7. The number of allylic oxidation sites excluding steroid dienone is 1. The number of ketones is 1. The van der Waals surface area contributed by atoms with E-state index in [-0.39, 0.29) is 5.78 Å². The standard InChI is InChI=1S/C14H10O2/c1-16-13-8-6-9-5-7-12(15)10-3-2-4-11(13)14(9)10/h2-8H,1H3. The van der Waals surface area contributed by atoms with E-state index in [1.165, 1.54) is 0 Å². The fraction of sp³-hybridized carbons (Fsp3) is 0.0714. The lowest BCUT2D eigenvalue weighted by Crippen LogP contribution is -2.01. The van der Waals surface area contributed by atoms with E-state index in [0.717, 1.165) is 27.6 Å². The number of carbonyl (C=O) groups excluding carboxylic acids is 1. The third kappa shape index (κ3) is 1.10. The van der Waals surface area contributed by atoms with Crippen LogP contribution in [0.1, 0.15) is 15.9 Å². The monoisotopic (exact) mass is 210 g/mol. The lowest BCUT2D eigenvalue weighted by molar-refractivity contribution is 0.104. The zero-order valence-corrected chi connectivity index (χ0v) is 8.86. The molecule has 16 heavy (non-hydrogen) atoms. The van der Waals surface area contributed by atoms with Crippen molar-refractivity contribution in [1.29, 1.82) is 0 Å². The maximum atomic E-state index is 11.7. The number of carbonyl (C=O) groups is 1. The summed E-state index contributed by atoms with van der Waals surface area (Å²) in [6.07, 6.45) is 3.47. The number of benzene rings is 2. The molecule has 0 amide bonds. The van der Waals surface area contributed by atoms with Crippen molar-refractivity contribution in [2.45, 2.75) is 0 Å². The number of hydrogen-bond acceptors (Lipinski definition) is 2. The second kappa shape index (κ2) is 3.20. The second-order valence-corrected chi connectivity index (χ2v) is 3.78. The summed E-state index contributed by atoms with van der Waals surface area (Å²) in [5.41, 5.74) is 1.83. The van der Waals surface area contributed by atoms with Crippen molar-refractivity contribution in [3.05, 3.63) is 47.5 Å². The molecule has 1 aliphatic rings. The average Bonchev–Trinajstić information content (AvgIpc) is 2.34. The first-order valence-electron chi connectivity index (χ1n) is 5.13. The minimum Gasteiger partial charge on any atom is -0.496 e. The Morgan fingerprint density at radius 2 is 1.94 bits per heavy atom. The van der Waals surface area contributed by atoms with E-state index >= 15 is 0 Å². The van der Waals surface area contributed by atoms with Gasteiger partial charge in [0.15, 0.2) is 5.78 Å². The van der Waals surface area contributed by atoms with Gasteiger partial charge in [0.2, 0.25) is 0 Å². The van der Waals surface area contributed by atoms with Crippen LogP contribution in [0.4, 0.5) is 0 Å². The van der Waals surface area contributed by atoms with Gasteiger partial charge in [0, 0.05) is 16.3 Å². The zero-order chi connectivity index (χ0) is 11.1. The number of ether oxygens (including phenoxy) is 1. The lowest BCUT2D eigenvalue weighted by Gasteiger charge is -2.13. The Kier molecular flexibility index (Phi) is 1.83. The first-order chi connectivity index (χ1) is 7.81. The first-order valence-corrected chi connectivity index (χ1v) is 5.13. The molecule has 0 spiro atoms. The van der Waals surface area contributed by atoms with Gasteiger partial charge in [0.25, 0.3) is 0 Å². The van der Waals surface area contributed by atoms with Gasteiger partial charge in [-0.25, -0.2) is 0 Å². The van der Waals surface area contributed by atoms with Crippen LogP contribution in [-0.4, -0.2) is 12.9 Å². The average molecular weight is 210 g/mol. The van der Waals surface area contributed by atoms with Crippen LogP contribution in [0.25, 0.3) is 16.8 Å². The predicted octanol–water partition coefficient (Wildman–Crippen LogP) is 3.06. The van der Waals surface area contributed by atoms with E-state index in [1.807, 2.05) is 36.4 Å². The van der Waals surface area contributed by atoms with E-state index in [4.69, 9.17) is 4.74 Å². The number of rotatable bonds is 1. The van der Waals surface area contributed by atoms with Crippen molar-refractivity contribution in [3.8, 4) is 5.75 Å². The minimum absolute atomic E-state index is 0.0614. The lowest BCUT2D eigenvalue weighted by atomic mass is 9.92. The van der Waals surface area contributed by atoms with Crippen LogP contribution in [0.3, 0.4) is 0 Å². The van der Waals surface area contributed by atoms with Crippen molar-refractivity contribution in [3.63, 3.8) is 0 Å². The molecule has 0 radical (unpaired) electrons. The van der Waals surface area contributed by atoms with Gasteiger partial charge in [0.05, 0.1) is 7.11 Å². The van der Waals surface area contributed by atoms with Crippen LogP contribution >= 0.6 is 0 Å². The van der Waals surface area contributed by atoms with Crippen molar-refractivity contribution in [2.75, 3.05) is 7.11 Å². The molecule has 0 fully saturated rings. The van der Waals surface area contributed by atoms with Crippen molar-refractivity contribution in [1.82, 2.24) is 0 Å². The Labute approximate surface area is 93.2 Å². The van der Waals surface area contributed by atoms with E-state index < -0.39 is 0 Å². The molecule has 0 aromatic heterocycles. The van der Waals surface area contributed by atoms with Crippen LogP contribution in [0.15, 0.2) is 36.4 Å². The molecule has 78 valence electrons. The largest absolute Gasteiger partial charge is 0.496 e. The third-order valence-electron chi connectivity index (χ3n) is 2.93. The van der Waals surface area contributed by atoms with E-state index in [1.54, 1.807) is 13.2 Å². The van der Waals surface area contributed by atoms with Gasteiger partial charge in [-0.1, -0.05) is 30.3 Å².